The molecule has 1 aliphatic heterocycles. The molecule has 0 spiro atoms. The first kappa shape index (κ1) is 26.1. The van der Waals surface area contributed by atoms with E-state index in [4.69, 9.17) is 19.2 Å². The highest BCUT2D eigenvalue weighted by atomic mass is 127. The number of ether oxygens (including phenoxy) is 3. The van der Waals surface area contributed by atoms with Crippen LogP contribution in [0.1, 0.15) is 44.2 Å². The van der Waals surface area contributed by atoms with E-state index in [0.717, 1.165) is 64.7 Å². The zero-order valence-corrected chi connectivity index (χ0v) is 20.5. The highest BCUT2D eigenvalue weighted by Crippen LogP contribution is 2.15. The molecule has 0 aliphatic carbocycles. The molecule has 1 fully saturated rings. The molecule has 7 heteroatoms. The Morgan fingerprint density at radius 3 is 2.41 bits per heavy atom. The number of rotatable bonds is 11. The molecule has 166 valence electrons. The summed E-state index contributed by atoms with van der Waals surface area (Å²) < 4.78 is 16.5. The number of guanidine groups is 1. The van der Waals surface area contributed by atoms with Gasteiger partial charge in [0, 0.05) is 46.6 Å². The molecule has 0 aromatic heterocycles. The molecule has 0 saturated carbocycles. The maximum absolute atomic E-state index is 5.96. The van der Waals surface area contributed by atoms with Gasteiger partial charge in [0.2, 0.25) is 0 Å². The van der Waals surface area contributed by atoms with Crippen LogP contribution in [0.5, 0.6) is 0 Å². The summed E-state index contributed by atoms with van der Waals surface area (Å²) in [6.45, 7) is 10.6. The monoisotopic (exact) mass is 519 g/mol. The van der Waals surface area contributed by atoms with Crippen molar-refractivity contribution in [1.29, 1.82) is 0 Å². The van der Waals surface area contributed by atoms with Gasteiger partial charge in [-0.05, 0) is 44.2 Å². The number of piperidine rings is 1. The Morgan fingerprint density at radius 2 is 1.79 bits per heavy atom. The molecule has 0 radical (unpaired) electrons. The van der Waals surface area contributed by atoms with Gasteiger partial charge in [0.15, 0.2) is 5.96 Å². The van der Waals surface area contributed by atoms with Crippen LogP contribution in [0, 0.1) is 0 Å². The first-order valence-corrected chi connectivity index (χ1v) is 10.6. The Kier molecular flexibility index (Phi) is 14.3. The number of hydrogen-bond donors (Lipinski definition) is 1. The molecule has 0 unspecified atom stereocenters. The zero-order valence-electron chi connectivity index (χ0n) is 18.2. The molecule has 2 rings (SSSR count). The largest absolute Gasteiger partial charge is 0.385 e. The molecular formula is C22H38IN3O3. The van der Waals surface area contributed by atoms with E-state index in [-0.39, 0.29) is 24.0 Å². The predicted molar refractivity (Wildman–Crippen MR) is 129 cm³/mol. The van der Waals surface area contributed by atoms with Gasteiger partial charge in [-0.25, -0.2) is 4.99 Å². The standard InChI is InChI=1S/C22H37N3O3.HI/c1-4-23-22(24-17-19-7-9-20(10-8-19)18-27-5-2)25-13-11-21(12-14-25)28-16-6-15-26-3;/h7-10,21H,4-6,11-18H2,1-3H3,(H,23,24);1H. The van der Waals surface area contributed by atoms with Crippen LogP contribution in [0.15, 0.2) is 29.3 Å². The van der Waals surface area contributed by atoms with Gasteiger partial charge in [-0.1, -0.05) is 24.3 Å². The zero-order chi connectivity index (χ0) is 20.0. The summed E-state index contributed by atoms with van der Waals surface area (Å²) in [4.78, 5) is 7.20. The third kappa shape index (κ3) is 10.1. The van der Waals surface area contributed by atoms with E-state index in [1.165, 1.54) is 11.1 Å². The topological polar surface area (TPSA) is 55.3 Å². The minimum absolute atomic E-state index is 0. The predicted octanol–water partition coefficient (Wildman–Crippen LogP) is 3.82. The quantitative estimate of drug-likeness (QED) is 0.209. The molecule has 0 amide bonds. The molecular weight excluding hydrogens is 481 g/mol. The van der Waals surface area contributed by atoms with Crippen molar-refractivity contribution < 1.29 is 14.2 Å². The Morgan fingerprint density at radius 1 is 1.10 bits per heavy atom. The van der Waals surface area contributed by atoms with Crippen LogP contribution in [-0.2, 0) is 27.4 Å². The van der Waals surface area contributed by atoms with Crippen molar-refractivity contribution >= 4 is 29.9 Å². The molecule has 1 aliphatic rings. The van der Waals surface area contributed by atoms with Crippen LogP contribution in [0.3, 0.4) is 0 Å². The van der Waals surface area contributed by atoms with E-state index in [1.54, 1.807) is 7.11 Å². The Labute approximate surface area is 193 Å². The smallest absolute Gasteiger partial charge is 0.194 e. The van der Waals surface area contributed by atoms with Crippen molar-refractivity contribution in [3.8, 4) is 0 Å². The van der Waals surface area contributed by atoms with E-state index in [1.807, 2.05) is 6.92 Å². The van der Waals surface area contributed by atoms with E-state index in [9.17, 15) is 0 Å². The minimum atomic E-state index is 0. The molecule has 1 heterocycles. The molecule has 1 aromatic rings. The number of aliphatic imine (C=N–C) groups is 1. The lowest BCUT2D eigenvalue weighted by Crippen LogP contribution is -2.47. The van der Waals surface area contributed by atoms with Gasteiger partial charge in [0.1, 0.15) is 0 Å². The van der Waals surface area contributed by atoms with E-state index >= 15 is 0 Å². The highest BCUT2D eigenvalue weighted by Gasteiger charge is 2.21. The summed E-state index contributed by atoms with van der Waals surface area (Å²) in [6.07, 6.45) is 3.41. The van der Waals surface area contributed by atoms with Crippen molar-refractivity contribution in [2.24, 2.45) is 4.99 Å². The third-order valence-corrected chi connectivity index (χ3v) is 4.83. The maximum Gasteiger partial charge on any atom is 0.194 e. The van der Waals surface area contributed by atoms with Gasteiger partial charge in [0.05, 0.1) is 19.3 Å². The minimum Gasteiger partial charge on any atom is -0.385 e. The van der Waals surface area contributed by atoms with Crippen molar-refractivity contribution in [3.05, 3.63) is 35.4 Å². The van der Waals surface area contributed by atoms with Crippen LogP contribution in [0.4, 0.5) is 0 Å². The van der Waals surface area contributed by atoms with E-state index in [0.29, 0.717) is 19.3 Å². The fourth-order valence-electron chi connectivity index (χ4n) is 3.24. The van der Waals surface area contributed by atoms with E-state index in [2.05, 4.69) is 41.4 Å². The summed E-state index contributed by atoms with van der Waals surface area (Å²) in [7, 11) is 1.73. The molecule has 1 aromatic carbocycles. The number of halogens is 1. The van der Waals surface area contributed by atoms with Crippen LogP contribution >= 0.6 is 24.0 Å². The summed E-state index contributed by atoms with van der Waals surface area (Å²) in [5.74, 6) is 0.999. The average Bonchev–Trinajstić information content (AvgIpc) is 2.74. The average molecular weight is 519 g/mol. The van der Waals surface area contributed by atoms with Crippen LogP contribution in [-0.4, -0.2) is 63.5 Å². The highest BCUT2D eigenvalue weighted by molar-refractivity contribution is 14.0. The number of nitrogens with one attached hydrogen (secondary N) is 1. The molecule has 1 N–H and O–H groups in total. The summed E-state index contributed by atoms with van der Waals surface area (Å²) in [6, 6.07) is 8.53. The third-order valence-electron chi connectivity index (χ3n) is 4.83. The second kappa shape index (κ2) is 15.9. The van der Waals surface area contributed by atoms with Crippen molar-refractivity contribution in [2.75, 3.05) is 46.6 Å². The molecule has 0 bridgehead atoms. The summed E-state index contributed by atoms with van der Waals surface area (Å²) >= 11 is 0. The fraction of sp³-hybridized carbons (Fsp3) is 0.682. The SMILES string of the molecule is CCNC(=NCc1ccc(COCC)cc1)N1CCC(OCCCOC)CC1.I. The van der Waals surface area contributed by atoms with Crippen molar-refractivity contribution in [2.45, 2.75) is 52.4 Å². The van der Waals surface area contributed by atoms with Gasteiger partial charge in [-0.2, -0.15) is 0 Å². The first-order valence-electron chi connectivity index (χ1n) is 10.6. The second-order valence-corrected chi connectivity index (χ2v) is 7.03. The molecule has 1 saturated heterocycles. The first-order chi connectivity index (χ1) is 13.8. The van der Waals surface area contributed by atoms with Crippen LogP contribution in [0.2, 0.25) is 0 Å². The fourth-order valence-corrected chi connectivity index (χ4v) is 3.24. The van der Waals surface area contributed by atoms with Gasteiger partial charge in [0.25, 0.3) is 0 Å². The normalized spacial score (nSPS) is 15.3. The number of hydrogen-bond acceptors (Lipinski definition) is 4. The molecule has 0 atom stereocenters. The number of benzene rings is 1. The lowest BCUT2D eigenvalue weighted by Gasteiger charge is -2.34. The maximum atomic E-state index is 5.96. The molecule has 6 nitrogen and oxygen atoms in total. The van der Waals surface area contributed by atoms with Gasteiger partial charge >= 0.3 is 0 Å². The summed E-state index contributed by atoms with van der Waals surface area (Å²) in [5, 5.41) is 3.44. The molecule has 29 heavy (non-hydrogen) atoms. The van der Waals surface area contributed by atoms with Gasteiger partial charge in [-0.15, -0.1) is 24.0 Å². The lowest BCUT2D eigenvalue weighted by atomic mass is 10.1. The van der Waals surface area contributed by atoms with Crippen molar-refractivity contribution in [3.63, 3.8) is 0 Å². The summed E-state index contributed by atoms with van der Waals surface area (Å²) in [5.41, 5.74) is 2.42. The number of likely N-dealkylation sites (tertiary alicyclic amines) is 1. The second-order valence-electron chi connectivity index (χ2n) is 7.03. The van der Waals surface area contributed by atoms with Gasteiger partial charge in [-0.3, -0.25) is 0 Å². The Balaban J connectivity index is 0.00000420. The Hall–Kier alpha value is -0.900. The number of nitrogens with zero attached hydrogens (tertiary/aromatic N) is 2. The van der Waals surface area contributed by atoms with Crippen LogP contribution < -0.4 is 5.32 Å². The van der Waals surface area contributed by atoms with Crippen LogP contribution in [0.25, 0.3) is 0 Å². The van der Waals surface area contributed by atoms with Gasteiger partial charge < -0.3 is 24.4 Å². The Bertz CT molecular complexity index is 561. The number of methoxy groups -OCH3 is 1. The van der Waals surface area contributed by atoms with Crippen molar-refractivity contribution in [1.82, 2.24) is 10.2 Å². The lowest BCUT2D eigenvalue weighted by molar-refractivity contribution is 0.00990. The van der Waals surface area contributed by atoms with E-state index < -0.39 is 0 Å².